The van der Waals surface area contributed by atoms with Gasteiger partial charge in [-0.25, -0.2) is 4.79 Å². The Bertz CT molecular complexity index is 981. The van der Waals surface area contributed by atoms with Crippen molar-refractivity contribution in [1.82, 2.24) is 5.32 Å². The number of esters is 3. The summed E-state index contributed by atoms with van der Waals surface area (Å²) in [7, 11) is 0. The molecule has 1 fully saturated rings. The van der Waals surface area contributed by atoms with Crippen LogP contribution in [0.3, 0.4) is 0 Å². The smallest absolute Gasteiger partial charge is 0.332 e. The summed E-state index contributed by atoms with van der Waals surface area (Å²) >= 11 is 0. The Kier molecular flexibility index (Phi) is 11.4. The van der Waals surface area contributed by atoms with Crippen molar-refractivity contribution in [2.45, 2.75) is 90.6 Å². The number of phenolic OH excluding ortho intramolecular Hbond substituents is 1. The largest absolute Gasteiger partial charge is 0.505 e. The summed E-state index contributed by atoms with van der Waals surface area (Å²) in [5, 5.41) is 15.1. The average Bonchev–Trinajstić information content (AvgIpc) is 2.88. The number of aromatic hydroxyl groups is 1. The quantitative estimate of drug-likeness (QED) is 0.173. The van der Waals surface area contributed by atoms with Gasteiger partial charge in [0.2, 0.25) is 6.41 Å². The van der Waals surface area contributed by atoms with Gasteiger partial charge in [0.05, 0.1) is 17.2 Å². The molecule has 0 saturated carbocycles. The van der Waals surface area contributed by atoms with Gasteiger partial charge in [-0.15, -0.1) is 0 Å². The number of para-hydroxylation sites is 1. The van der Waals surface area contributed by atoms with Crippen molar-refractivity contribution < 1.29 is 43.3 Å². The van der Waals surface area contributed by atoms with Crippen molar-refractivity contribution in [1.29, 1.82) is 0 Å². The Morgan fingerprint density at radius 1 is 1.05 bits per heavy atom. The van der Waals surface area contributed by atoms with E-state index in [2.05, 4.69) is 10.6 Å². The van der Waals surface area contributed by atoms with Crippen LogP contribution in [-0.4, -0.2) is 59.7 Å². The molecule has 0 aliphatic carbocycles. The van der Waals surface area contributed by atoms with Crippen molar-refractivity contribution in [3.63, 3.8) is 0 Å². The normalized spacial score (nSPS) is 23.9. The summed E-state index contributed by atoms with van der Waals surface area (Å²) < 4.78 is 16.8. The lowest BCUT2D eigenvalue weighted by Crippen LogP contribution is -2.50. The predicted octanol–water partition coefficient (Wildman–Crippen LogP) is 2.84. The number of amides is 2. The van der Waals surface area contributed by atoms with Crippen molar-refractivity contribution in [2.24, 2.45) is 5.92 Å². The van der Waals surface area contributed by atoms with Crippen LogP contribution in [0.15, 0.2) is 18.2 Å². The summed E-state index contributed by atoms with van der Waals surface area (Å²) in [6.45, 7) is 6.85. The topological polar surface area (TPSA) is 157 Å². The van der Waals surface area contributed by atoms with Crippen molar-refractivity contribution in [2.75, 3.05) is 5.32 Å². The maximum absolute atomic E-state index is 13.2. The van der Waals surface area contributed by atoms with Crippen molar-refractivity contribution >= 4 is 35.9 Å². The van der Waals surface area contributed by atoms with Gasteiger partial charge in [-0.05, 0) is 38.8 Å². The number of carbonyl (C=O) groups excluding carboxylic acids is 5. The van der Waals surface area contributed by atoms with E-state index in [1.165, 1.54) is 32.0 Å². The number of unbranched alkanes of at least 4 members (excludes halogenated alkanes) is 2. The minimum atomic E-state index is -1.41. The number of nitrogens with one attached hydrogen (secondary N) is 2. The third-order valence-electron chi connectivity index (χ3n) is 6.14. The van der Waals surface area contributed by atoms with Gasteiger partial charge in [0.15, 0.2) is 17.9 Å². The molecule has 2 rings (SSSR count). The Labute approximate surface area is 216 Å². The fourth-order valence-electron chi connectivity index (χ4n) is 4.03. The zero-order chi connectivity index (χ0) is 27.5. The van der Waals surface area contributed by atoms with Gasteiger partial charge in [0.1, 0.15) is 12.2 Å². The number of phenols is 1. The average molecular weight is 521 g/mol. The molecule has 0 unspecified atom stereocenters. The second-order valence-corrected chi connectivity index (χ2v) is 9.01. The van der Waals surface area contributed by atoms with E-state index in [9.17, 15) is 29.1 Å². The summed E-state index contributed by atoms with van der Waals surface area (Å²) in [6, 6.07) is 2.71. The fraction of sp³-hybridized carbons (Fsp3) is 0.577. The first-order chi connectivity index (χ1) is 17.6. The fourth-order valence-corrected chi connectivity index (χ4v) is 4.03. The van der Waals surface area contributed by atoms with Crippen LogP contribution in [0.1, 0.15) is 76.6 Å². The maximum Gasteiger partial charge on any atom is 0.332 e. The molecule has 1 aromatic carbocycles. The van der Waals surface area contributed by atoms with E-state index < -0.39 is 59.8 Å². The number of anilines is 1. The van der Waals surface area contributed by atoms with Gasteiger partial charge in [-0.1, -0.05) is 39.2 Å². The van der Waals surface area contributed by atoms with E-state index in [4.69, 9.17) is 14.2 Å². The molecule has 204 valence electrons. The monoisotopic (exact) mass is 520 g/mol. The van der Waals surface area contributed by atoms with Gasteiger partial charge in [-0.3, -0.25) is 19.2 Å². The van der Waals surface area contributed by atoms with Crippen LogP contribution >= 0.6 is 0 Å². The highest BCUT2D eigenvalue weighted by atomic mass is 16.6. The molecule has 0 spiro atoms. The van der Waals surface area contributed by atoms with Gasteiger partial charge in [0.25, 0.3) is 5.91 Å². The number of hydrogen-bond donors (Lipinski definition) is 3. The summed E-state index contributed by atoms with van der Waals surface area (Å²) in [4.78, 5) is 62.4. The number of rotatable bonds is 11. The summed E-state index contributed by atoms with van der Waals surface area (Å²) in [6.07, 6.45) is 0.529. The number of ether oxygens (including phenoxy) is 3. The first kappa shape index (κ1) is 29.6. The maximum atomic E-state index is 13.2. The molecule has 1 aliphatic heterocycles. The first-order valence-corrected chi connectivity index (χ1v) is 12.6. The van der Waals surface area contributed by atoms with Crippen LogP contribution in [-0.2, 0) is 33.4 Å². The zero-order valence-electron chi connectivity index (χ0n) is 21.7. The van der Waals surface area contributed by atoms with Gasteiger partial charge in [-0.2, -0.15) is 0 Å². The van der Waals surface area contributed by atoms with Crippen molar-refractivity contribution in [3.8, 4) is 5.75 Å². The molecule has 11 nitrogen and oxygen atoms in total. The molecule has 5 atom stereocenters. The highest BCUT2D eigenvalue weighted by Gasteiger charge is 2.43. The molecule has 1 aromatic rings. The van der Waals surface area contributed by atoms with Crippen LogP contribution in [0.2, 0.25) is 0 Å². The summed E-state index contributed by atoms with van der Waals surface area (Å²) in [5.41, 5.74) is -0.214. The van der Waals surface area contributed by atoms with E-state index in [1.807, 2.05) is 13.8 Å². The number of carbonyl (C=O) groups is 5. The van der Waals surface area contributed by atoms with Crippen LogP contribution in [0, 0.1) is 5.92 Å². The Morgan fingerprint density at radius 3 is 2.38 bits per heavy atom. The zero-order valence-corrected chi connectivity index (χ0v) is 21.7. The summed E-state index contributed by atoms with van der Waals surface area (Å²) in [5.74, 6) is -4.28. The van der Waals surface area contributed by atoms with Crippen LogP contribution in [0.5, 0.6) is 5.75 Å². The molecule has 0 aromatic heterocycles. The highest BCUT2D eigenvalue weighted by Crippen LogP contribution is 2.29. The Morgan fingerprint density at radius 2 is 1.73 bits per heavy atom. The van der Waals surface area contributed by atoms with Crippen LogP contribution < -0.4 is 10.6 Å². The first-order valence-electron chi connectivity index (χ1n) is 12.6. The number of benzene rings is 1. The third kappa shape index (κ3) is 7.93. The van der Waals surface area contributed by atoms with E-state index in [0.717, 1.165) is 12.8 Å². The second-order valence-electron chi connectivity index (χ2n) is 9.01. The minimum Gasteiger partial charge on any atom is -0.505 e. The van der Waals surface area contributed by atoms with Crippen LogP contribution in [0.25, 0.3) is 0 Å². The van der Waals surface area contributed by atoms with Gasteiger partial charge in [0, 0.05) is 6.42 Å². The molecule has 11 heteroatoms. The molecular weight excluding hydrogens is 484 g/mol. The van der Waals surface area contributed by atoms with E-state index in [-0.39, 0.29) is 17.7 Å². The Hall–Kier alpha value is -3.63. The molecule has 0 bridgehead atoms. The van der Waals surface area contributed by atoms with Gasteiger partial charge < -0.3 is 30.0 Å². The van der Waals surface area contributed by atoms with Crippen LogP contribution in [0.4, 0.5) is 5.69 Å². The molecule has 37 heavy (non-hydrogen) atoms. The van der Waals surface area contributed by atoms with E-state index in [1.54, 1.807) is 0 Å². The van der Waals surface area contributed by atoms with Gasteiger partial charge >= 0.3 is 17.9 Å². The highest BCUT2D eigenvalue weighted by molar-refractivity contribution is 6.01. The third-order valence-corrected chi connectivity index (χ3v) is 6.14. The minimum absolute atomic E-state index is 0.000659. The standard InChI is InChI=1S/C26H36N2O9/c1-5-7-10-18-23(37-20(30)13-8-6-2)16(4)36-26(34)21(15(3)35-25(18)33)28-24(32)17-11-9-12-19(22(17)31)27-14-29/h9,11-12,14-16,18,21,23,31H,5-8,10,13H2,1-4H3,(H,27,29)(H,28,32)/t15-,16+,18-,21+,23+/m1/s1. The molecule has 1 aliphatic rings. The lowest BCUT2D eigenvalue weighted by Gasteiger charge is -2.29. The molecule has 3 N–H and O–H groups in total. The van der Waals surface area contributed by atoms with Crippen molar-refractivity contribution in [3.05, 3.63) is 23.8 Å². The molecule has 1 saturated heterocycles. The van der Waals surface area contributed by atoms with E-state index in [0.29, 0.717) is 25.7 Å². The Balaban J connectivity index is 2.33. The second kappa shape index (κ2) is 14.2. The predicted molar refractivity (Wildman–Crippen MR) is 133 cm³/mol. The molecule has 1 heterocycles. The molecule has 0 radical (unpaired) electrons. The SMILES string of the molecule is CCCCC(=O)O[C@H]1[C@H](C)OC(=O)[C@@H](NC(=O)c2cccc(NC=O)c2O)[C@@H](C)OC(=O)[C@@H]1CCCC. The van der Waals surface area contributed by atoms with E-state index >= 15 is 0 Å². The molecule has 2 amide bonds. The lowest BCUT2D eigenvalue weighted by molar-refractivity contribution is -0.175. The molecular formula is C26H36N2O9. The number of cyclic esters (lactones) is 2. The number of hydrogen-bond acceptors (Lipinski definition) is 9. The lowest BCUT2D eigenvalue weighted by atomic mass is 9.92.